The molecule has 3 rings (SSSR count). The van der Waals surface area contributed by atoms with E-state index in [0.29, 0.717) is 6.04 Å². The summed E-state index contributed by atoms with van der Waals surface area (Å²) in [6, 6.07) is 3.15. The third-order valence-electron chi connectivity index (χ3n) is 4.67. The maximum Gasteiger partial charge on any atom is 0.0417 e. The molecular weight excluding hydrogens is 282 g/mol. The molecule has 3 heteroatoms. The molecule has 2 heterocycles. The molecule has 1 aliphatic heterocycles. The number of thiophene rings is 1. The Morgan fingerprint density at radius 1 is 1.35 bits per heavy atom. The van der Waals surface area contributed by atoms with Crippen molar-refractivity contribution >= 4 is 23.1 Å². The van der Waals surface area contributed by atoms with Gasteiger partial charge in [0.05, 0.1) is 0 Å². The Bertz CT molecular complexity index is 397. The summed E-state index contributed by atoms with van der Waals surface area (Å²) in [5.74, 6) is 3.54. The molecule has 112 valence electrons. The van der Waals surface area contributed by atoms with Gasteiger partial charge in [0.2, 0.25) is 0 Å². The first-order valence-corrected chi connectivity index (χ1v) is 10.3. The van der Waals surface area contributed by atoms with Gasteiger partial charge in [0.25, 0.3) is 0 Å². The molecule has 1 N–H and O–H groups in total. The third kappa shape index (κ3) is 3.61. The standard InChI is InChI=1S/C17H27NS2/c1-2-8-18-15(10-13-5-3-4-6-13)17-11-14-12-19-9-7-16(14)20-17/h11,13,15,18H,2-10,12H2,1H3. The summed E-state index contributed by atoms with van der Waals surface area (Å²) in [4.78, 5) is 3.30. The van der Waals surface area contributed by atoms with Crippen molar-refractivity contribution in [2.75, 3.05) is 12.3 Å². The molecule has 1 saturated carbocycles. The average molecular weight is 310 g/mol. The van der Waals surface area contributed by atoms with Crippen molar-refractivity contribution in [2.45, 2.75) is 63.7 Å². The minimum absolute atomic E-state index is 0.624. The van der Waals surface area contributed by atoms with E-state index >= 15 is 0 Å². The van der Waals surface area contributed by atoms with E-state index in [9.17, 15) is 0 Å². The second-order valence-electron chi connectivity index (χ2n) is 6.29. The van der Waals surface area contributed by atoms with Crippen LogP contribution in [0.4, 0.5) is 0 Å². The smallest absolute Gasteiger partial charge is 0.0417 e. The first-order valence-electron chi connectivity index (χ1n) is 8.29. The van der Waals surface area contributed by atoms with Gasteiger partial charge >= 0.3 is 0 Å². The second kappa shape index (κ2) is 7.33. The van der Waals surface area contributed by atoms with Crippen LogP contribution in [0.15, 0.2) is 6.07 Å². The number of hydrogen-bond acceptors (Lipinski definition) is 3. The Morgan fingerprint density at radius 2 is 2.20 bits per heavy atom. The predicted molar refractivity (Wildman–Crippen MR) is 91.8 cm³/mol. The van der Waals surface area contributed by atoms with E-state index in [1.165, 1.54) is 56.5 Å². The molecule has 2 aliphatic rings. The minimum Gasteiger partial charge on any atom is -0.309 e. The lowest BCUT2D eigenvalue weighted by Gasteiger charge is -2.21. The van der Waals surface area contributed by atoms with E-state index in [1.54, 1.807) is 15.3 Å². The molecular formula is C17H27NS2. The quantitative estimate of drug-likeness (QED) is 0.779. The van der Waals surface area contributed by atoms with Gasteiger partial charge in [-0.2, -0.15) is 11.8 Å². The van der Waals surface area contributed by atoms with Crippen LogP contribution in [-0.2, 0) is 12.2 Å². The summed E-state index contributed by atoms with van der Waals surface area (Å²) in [7, 11) is 0. The Labute approximate surface area is 131 Å². The molecule has 1 aromatic heterocycles. The Hall–Kier alpha value is 0.01000. The maximum atomic E-state index is 3.83. The fraction of sp³-hybridized carbons (Fsp3) is 0.765. The zero-order chi connectivity index (χ0) is 13.8. The largest absolute Gasteiger partial charge is 0.309 e. The molecule has 1 atom stereocenters. The zero-order valence-electron chi connectivity index (χ0n) is 12.6. The van der Waals surface area contributed by atoms with Crippen molar-refractivity contribution in [1.82, 2.24) is 5.32 Å². The van der Waals surface area contributed by atoms with Gasteiger partial charge in [-0.05, 0) is 49.1 Å². The molecule has 1 aromatic rings. The molecule has 0 saturated heterocycles. The number of thioether (sulfide) groups is 1. The van der Waals surface area contributed by atoms with Gasteiger partial charge in [-0.15, -0.1) is 11.3 Å². The Morgan fingerprint density at radius 3 is 2.95 bits per heavy atom. The van der Waals surface area contributed by atoms with E-state index in [2.05, 4.69) is 41.4 Å². The van der Waals surface area contributed by atoms with Gasteiger partial charge in [0.15, 0.2) is 0 Å². The lowest BCUT2D eigenvalue weighted by Crippen LogP contribution is -2.23. The highest BCUT2D eigenvalue weighted by Crippen LogP contribution is 2.38. The Balaban J connectivity index is 1.71. The highest BCUT2D eigenvalue weighted by Gasteiger charge is 2.24. The van der Waals surface area contributed by atoms with Crippen LogP contribution in [0.3, 0.4) is 0 Å². The molecule has 0 aromatic carbocycles. The number of fused-ring (bicyclic) bond motifs is 1. The fourth-order valence-electron chi connectivity index (χ4n) is 3.54. The molecule has 1 unspecified atom stereocenters. The van der Waals surface area contributed by atoms with Crippen molar-refractivity contribution < 1.29 is 0 Å². The monoisotopic (exact) mass is 309 g/mol. The average Bonchev–Trinajstić information content (AvgIpc) is 3.12. The SMILES string of the molecule is CCCNC(CC1CCCC1)c1cc2c(s1)CCSC2. The van der Waals surface area contributed by atoms with Crippen molar-refractivity contribution in [2.24, 2.45) is 5.92 Å². The van der Waals surface area contributed by atoms with Crippen LogP contribution >= 0.6 is 23.1 Å². The predicted octanol–water partition coefficient (Wildman–Crippen LogP) is 5.16. The van der Waals surface area contributed by atoms with E-state index in [-0.39, 0.29) is 0 Å². The molecule has 0 bridgehead atoms. The normalized spacial score (nSPS) is 21.1. The van der Waals surface area contributed by atoms with E-state index < -0.39 is 0 Å². The van der Waals surface area contributed by atoms with E-state index in [4.69, 9.17) is 0 Å². The molecule has 0 spiro atoms. The molecule has 20 heavy (non-hydrogen) atoms. The summed E-state index contributed by atoms with van der Waals surface area (Å²) < 4.78 is 0. The lowest BCUT2D eigenvalue weighted by atomic mass is 9.97. The van der Waals surface area contributed by atoms with Crippen LogP contribution in [0.5, 0.6) is 0 Å². The molecule has 1 nitrogen and oxygen atoms in total. The van der Waals surface area contributed by atoms with Crippen LogP contribution < -0.4 is 5.32 Å². The van der Waals surface area contributed by atoms with E-state index in [1.807, 2.05) is 0 Å². The van der Waals surface area contributed by atoms with Gasteiger partial charge in [-0.25, -0.2) is 0 Å². The molecule has 1 fully saturated rings. The summed E-state index contributed by atoms with van der Waals surface area (Å²) in [6.45, 7) is 3.43. The fourth-order valence-corrected chi connectivity index (χ4v) is 6.00. The first-order chi connectivity index (χ1) is 9.86. The second-order valence-corrected chi connectivity index (χ2v) is 8.57. The van der Waals surface area contributed by atoms with Crippen LogP contribution in [-0.4, -0.2) is 12.3 Å². The molecule has 0 amide bonds. The summed E-state index contributed by atoms with van der Waals surface area (Å²) >= 11 is 4.20. The van der Waals surface area contributed by atoms with Crippen LogP contribution in [0.25, 0.3) is 0 Å². The third-order valence-corrected chi connectivity index (χ3v) is 7.03. The van der Waals surface area contributed by atoms with Crippen molar-refractivity contribution in [1.29, 1.82) is 0 Å². The first kappa shape index (κ1) is 14.9. The number of aryl methyl sites for hydroxylation is 1. The van der Waals surface area contributed by atoms with Gasteiger partial charge in [0, 0.05) is 21.5 Å². The van der Waals surface area contributed by atoms with Crippen molar-refractivity contribution in [3.8, 4) is 0 Å². The molecule has 0 radical (unpaired) electrons. The van der Waals surface area contributed by atoms with E-state index in [0.717, 1.165) is 12.5 Å². The van der Waals surface area contributed by atoms with Crippen LogP contribution in [0, 0.1) is 5.92 Å². The van der Waals surface area contributed by atoms with Crippen LogP contribution in [0.1, 0.15) is 66.8 Å². The number of rotatable bonds is 6. The van der Waals surface area contributed by atoms with Crippen LogP contribution in [0.2, 0.25) is 0 Å². The van der Waals surface area contributed by atoms with Gasteiger partial charge in [-0.3, -0.25) is 0 Å². The highest BCUT2D eigenvalue weighted by atomic mass is 32.2. The Kier molecular flexibility index (Phi) is 5.47. The number of hydrogen-bond donors (Lipinski definition) is 1. The van der Waals surface area contributed by atoms with Crippen molar-refractivity contribution in [3.05, 3.63) is 21.4 Å². The summed E-state index contributed by atoms with van der Waals surface area (Å²) in [6.07, 6.45) is 9.76. The topological polar surface area (TPSA) is 12.0 Å². The summed E-state index contributed by atoms with van der Waals surface area (Å²) in [5.41, 5.74) is 1.64. The van der Waals surface area contributed by atoms with Gasteiger partial charge in [-0.1, -0.05) is 32.6 Å². The van der Waals surface area contributed by atoms with Gasteiger partial charge in [0.1, 0.15) is 0 Å². The molecule has 1 aliphatic carbocycles. The van der Waals surface area contributed by atoms with Crippen molar-refractivity contribution in [3.63, 3.8) is 0 Å². The lowest BCUT2D eigenvalue weighted by molar-refractivity contribution is 0.399. The maximum absolute atomic E-state index is 3.83. The van der Waals surface area contributed by atoms with Gasteiger partial charge < -0.3 is 5.32 Å². The number of nitrogens with one attached hydrogen (secondary N) is 1. The zero-order valence-corrected chi connectivity index (χ0v) is 14.3. The summed E-state index contributed by atoms with van der Waals surface area (Å²) in [5, 5.41) is 3.83. The highest BCUT2D eigenvalue weighted by molar-refractivity contribution is 7.98. The minimum atomic E-state index is 0.624.